The SMILES string of the molecule is C1CCCC1.OP(O)(O)=S.OP(O)(O)=S.[H-].[Na+]. The first-order valence-corrected chi connectivity index (χ1v) is 9.39. The maximum absolute atomic E-state index is 7.56. The third-order valence-electron chi connectivity index (χ3n) is 1.25. The van der Waals surface area contributed by atoms with Gasteiger partial charge in [0.05, 0.1) is 0 Å². The summed E-state index contributed by atoms with van der Waals surface area (Å²) in [6.07, 6.45) is 7.50. The summed E-state index contributed by atoms with van der Waals surface area (Å²) >= 11 is 7.21. The Kier molecular flexibility index (Phi) is 17.5. The van der Waals surface area contributed by atoms with Gasteiger partial charge in [0.25, 0.3) is 0 Å². The van der Waals surface area contributed by atoms with E-state index in [0.717, 1.165) is 0 Å². The Morgan fingerprint density at radius 3 is 0.750 bits per heavy atom. The summed E-state index contributed by atoms with van der Waals surface area (Å²) < 4.78 is 0. The molecular formula is C5H17NaO6P2S2. The minimum atomic E-state index is -3.81. The van der Waals surface area contributed by atoms with Crippen molar-refractivity contribution in [3.8, 4) is 0 Å². The van der Waals surface area contributed by atoms with Crippen LogP contribution in [0.1, 0.15) is 33.5 Å². The number of hydrogen-bond acceptors (Lipinski definition) is 2. The van der Waals surface area contributed by atoms with Gasteiger partial charge < -0.3 is 30.8 Å². The summed E-state index contributed by atoms with van der Waals surface area (Å²) in [5, 5.41) is 0. The van der Waals surface area contributed by atoms with Crippen molar-refractivity contribution in [3.63, 3.8) is 0 Å². The summed E-state index contributed by atoms with van der Waals surface area (Å²) in [6, 6.07) is 0. The maximum Gasteiger partial charge on any atom is 1.00 e. The van der Waals surface area contributed by atoms with Crippen LogP contribution in [-0.4, -0.2) is 29.4 Å². The van der Waals surface area contributed by atoms with Crippen LogP contribution in [0.2, 0.25) is 0 Å². The molecule has 0 aromatic carbocycles. The smallest absolute Gasteiger partial charge is 1.00 e. The predicted molar refractivity (Wildman–Crippen MR) is 66.1 cm³/mol. The van der Waals surface area contributed by atoms with Crippen LogP contribution in [0.3, 0.4) is 0 Å². The molecule has 6 N–H and O–H groups in total. The van der Waals surface area contributed by atoms with Crippen LogP contribution >= 0.6 is 13.4 Å². The average Bonchev–Trinajstić information content (AvgIpc) is 2.28. The molecule has 0 spiro atoms. The zero-order valence-corrected chi connectivity index (χ0v) is 14.4. The van der Waals surface area contributed by atoms with E-state index in [-0.39, 0.29) is 31.0 Å². The molecular weight excluding hydrogens is 305 g/mol. The maximum atomic E-state index is 7.56. The van der Waals surface area contributed by atoms with Crippen LogP contribution in [-0.2, 0) is 23.6 Å². The second-order valence-corrected chi connectivity index (χ2v) is 7.79. The molecule has 0 unspecified atom stereocenters. The van der Waals surface area contributed by atoms with Crippen molar-refractivity contribution in [3.05, 3.63) is 0 Å². The predicted octanol–water partition coefficient (Wildman–Crippen LogP) is -2.56. The van der Waals surface area contributed by atoms with Crippen molar-refractivity contribution in [1.29, 1.82) is 0 Å². The summed E-state index contributed by atoms with van der Waals surface area (Å²) in [5.41, 5.74) is 0. The molecule has 96 valence electrons. The largest absolute Gasteiger partial charge is 1.00 e. The molecule has 1 aliphatic carbocycles. The molecule has 0 saturated heterocycles. The first-order chi connectivity index (χ1) is 6.50. The van der Waals surface area contributed by atoms with E-state index in [1.807, 2.05) is 0 Å². The van der Waals surface area contributed by atoms with E-state index in [0.29, 0.717) is 0 Å². The fourth-order valence-electron chi connectivity index (χ4n) is 0.884. The van der Waals surface area contributed by atoms with E-state index in [9.17, 15) is 0 Å². The first kappa shape index (κ1) is 23.2. The van der Waals surface area contributed by atoms with E-state index < -0.39 is 13.4 Å². The molecule has 0 heterocycles. The van der Waals surface area contributed by atoms with E-state index in [1.54, 1.807) is 0 Å². The van der Waals surface area contributed by atoms with Crippen LogP contribution in [0.4, 0.5) is 0 Å². The minimum Gasteiger partial charge on any atom is -1.00 e. The molecule has 1 rings (SSSR count). The molecule has 6 nitrogen and oxygen atoms in total. The molecule has 1 aliphatic rings. The van der Waals surface area contributed by atoms with Gasteiger partial charge in [-0.05, 0) is 23.6 Å². The quantitative estimate of drug-likeness (QED) is 0.213. The number of hydrogen-bond donors (Lipinski definition) is 6. The molecule has 0 amide bonds. The van der Waals surface area contributed by atoms with Gasteiger partial charge in [0.1, 0.15) is 0 Å². The van der Waals surface area contributed by atoms with Gasteiger partial charge in [0, 0.05) is 0 Å². The topological polar surface area (TPSA) is 121 Å². The van der Waals surface area contributed by atoms with Crippen LogP contribution < -0.4 is 29.6 Å². The van der Waals surface area contributed by atoms with Gasteiger partial charge in [-0.3, -0.25) is 0 Å². The minimum absolute atomic E-state index is 0. The molecule has 0 aromatic heterocycles. The zero-order valence-electron chi connectivity index (χ0n) is 9.93. The molecule has 0 aromatic rings. The Labute approximate surface area is 129 Å². The molecule has 0 bridgehead atoms. The molecule has 1 saturated carbocycles. The second kappa shape index (κ2) is 12.1. The van der Waals surface area contributed by atoms with Crippen LogP contribution in [0, 0.1) is 0 Å². The van der Waals surface area contributed by atoms with E-state index in [2.05, 4.69) is 23.6 Å². The van der Waals surface area contributed by atoms with Crippen LogP contribution in [0.5, 0.6) is 0 Å². The van der Waals surface area contributed by atoms with E-state index in [1.165, 1.54) is 32.1 Å². The molecule has 1 fully saturated rings. The fourth-order valence-corrected chi connectivity index (χ4v) is 0.884. The van der Waals surface area contributed by atoms with Crippen molar-refractivity contribution < 1.29 is 60.3 Å². The Bertz CT molecular complexity index is 198. The van der Waals surface area contributed by atoms with Crippen molar-refractivity contribution in [2.75, 3.05) is 0 Å². The van der Waals surface area contributed by atoms with Crippen molar-refractivity contribution >= 4 is 37.1 Å². The fraction of sp³-hybridized carbons (Fsp3) is 1.00. The van der Waals surface area contributed by atoms with Gasteiger partial charge >= 0.3 is 43.0 Å². The van der Waals surface area contributed by atoms with E-state index in [4.69, 9.17) is 29.4 Å². The summed E-state index contributed by atoms with van der Waals surface area (Å²) in [5.74, 6) is 0. The Morgan fingerprint density at radius 2 is 0.688 bits per heavy atom. The molecule has 0 aliphatic heterocycles. The standard InChI is InChI=1S/C5H10.Na.2H3O3PS.H/c1-2-4-5-3-1;;2*1-4(2,3)5;/h1-5H2;;2*(H3,1,2,3,5);/q;+1;;;-1. The van der Waals surface area contributed by atoms with Gasteiger partial charge in [-0.15, -0.1) is 0 Å². The van der Waals surface area contributed by atoms with Crippen molar-refractivity contribution in [2.45, 2.75) is 32.1 Å². The molecule has 0 atom stereocenters. The summed E-state index contributed by atoms with van der Waals surface area (Å²) in [7, 11) is 0. The van der Waals surface area contributed by atoms with E-state index >= 15 is 0 Å². The Morgan fingerprint density at radius 1 is 0.625 bits per heavy atom. The number of rotatable bonds is 0. The Balaban J connectivity index is -0.0000000704. The zero-order chi connectivity index (χ0) is 12.5. The first-order valence-electron chi connectivity index (χ1n) is 4.07. The van der Waals surface area contributed by atoms with Crippen molar-refractivity contribution in [1.82, 2.24) is 0 Å². The van der Waals surface area contributed by atoms with Gasteiger partial charge in [0.15, 0.2) is 0 Å². The summed E-state index contributed by atoms with van der Waals surface area (Å²) in [4.78, 5) is 45.3. The summed E-state index contributed by atoms with van der Waals surface area (Å²) in [6.45, 7) is -7.61. The monoisotopic (exact) mass is 322 g/mol. The third-order valence-corrected chi connectivity index (χ3v) is 1.25. The normalized spacial score (nSPS) is 14.9. The van der Waals surface area contributed by atoms with Crippen molar-refractivity contribution in [2.24, 2.45) is 0 Å². The molecule has 16 heavy (non-hydrogen) atoms. The van der Waals surface area contributed by atoms with Crippen LogP contribution in [0.15, 0.2) is 0 Å². The van der Waals surface area contributed by atoms with Gasteiger partial charge in [0.2, 0.25) is 0 Å². The average molecular weight is 322 g/mol. The third kappa shape index (κ3) is 73.1. The van der Waals surface area contributed by atoms with Gasteiger partial charge in [-0.2, -0.15) is 0 Å². The Hall–Kier alpha value is 2.06. The molecule has 11 heteroatoms. The molecule has 0 radical (unpaired) electrons. The van der Waals surface area contributed by atoms with Gasteiger partial charge in [-0.1, -0.05) is 32.1 Å². The van der Waals surface area contributed by atoms with Crippen LogP contribution in [0.25, 0.3) is 0 Å². The van der Waals surface area contributed by atoms with Gasteiger partial charge in [-0.25, -0.2) is 0 Å². The second-order valence-electron chi connectivity index (χ2n) is 2.79.